The third-order valence-corrected chi connectivity index (χ3v) is 2.46. The highest BCUT2D eigenvalue weighted by Crippen LogP contribution is 2.19. The topological polar surface area (TPSA) is 28.2 Å². The predicted molar refractivity (Wildman–Crippen MR) is 69.7 cm³/mol. The first-order valence-electron chi connectivity index (χ1n) is 5.77. The van der Waals surface area contributed by atoms with Crippen LogP contribution in [-0.2, 0) is 6.54 Å². The van der Waals surface area contributed by atoms with Crippen LogP contribution in [0.25, 0.3) is 0 Å². The Hall–Kier alpha value is -1.42. The Morgan fingerprint density at radius 2 is 2.29 bits per heavy atom. The molecule has 0 aliphatic carbocycles. The lowest BCUT2D eigenvalue weighted by Crippen LogP contribution is -2.27. The fourth-order valence-corrected chi connectivity index (χ4v) is 1.68. The van der Waals surface area contributed by atoms with Gasteiger partial charge in [-0.15, -0.1) is 0 Å². The van der Waals surface area contributed by atoms with E-state index in [2.05, 4.69) is 16.9 Å². The highest BCUT2D eigenvalue weighted by molar-refractivity contribution is 5.44. The third-order valence-electron chi connectivity index (χ3n) is 2.46. The van der Waals surface area contributed by atoms with Crippen molar-refractivity contribution in [2.45, 2.75) is 20.4 Å². The fourth-order valence-electron chi connectivity index (χ4n) is 1.68. The van der Waals surface area contributed by atoms with E-state index in [1.165, 1.54) is 0 Å². The summed E-state index contributed by atoms with van der Waals surface area (Å²) in [5.74, 6) is 0.160. The first-order chi connectivity index (χ1) is 8.10. The molecule has 0 aliphatic heterocycles. The molecule has 0 saturated heterocycles. The van der Waals surface area contributed by atoms with Gasteiger partial charge < -0.3 is 10.2 Å². The van der Waals surface area contributed by atoms with Gasteiger partial charge in [0, 0.05) is 31.4 Å². The summed E-state index contributed by atoms with van der Waals surface area (Å²) in [5.41, 5.74) is 1.63. The number of halogens is 1. The zero-order valence-corrected chi connectivity index (χ0v) is 10.8. The Morgan fingerprint density at radius 3 is 2.82 bits per heavy atom. The Bertz CT molecular complexity index is 390. The maximum atomic E-state index is 14.2. The summed E-state index contributed by atoms with van der Waals surface area (Å²) in [6, 6.07) is 1.70. The summed E-state index contributed by atoms with van der Waals surface area (Å²) in [6.45, 7) is 9.60. The van der Waals surface area contributed by atoms with Crippen LogP contribution in [0.5, 0.6) is 0 Å². The summed E-state index contributed by atoms with van der Waals surface area (Å²) < 4.78 is 14.2. The molecule has 0 saturated carbocycles. The van der Waals surface area contributed by atoms with Gasteiger partial charge in [-0.25, -0.2) is 9.37 Å². The molecule has 1 heterocycles. The molecule has 0 unspecified atom stereocenters. The molecule has 94 valence electrons. The Labute approximate surface area is 102 Å². The molecule has 0 aromatic carbocycles. The van der Waals surface area contributed by atoms with Gasteiger partial charge in [0.25, 0.3) is 0 Å². The van der Waals surface area contributed by atoms with Crippen molar-refractivity contribution < 1.29 is 4.39 Å². The average molecular weight is 237 g/mol. The number of hydrogen-bond acceptors (Lipinski definition) is 3. The van der Waals surface area contributed by atoms with Crippen LogP contribution >= 0.6 is 0 Å². The Balaban J connectivity index is 3.02. The van der Waals surface area contributed by atoms with Gasteiger partial charge >= 0.3 is 0 Å². The summed E-state index contributed by atoms with van der Waals surface area (Å²) >= 11 is 0. The van der Waals surface area contributed by atoms with Crippen LogP contribution < -0.4 is 10.2 Å². The zero-order chi connectivity index (χ0) is 12.8. The number of pyridine rings is 1. The van der Waals surface area contributed by atoms with E-state index >= 15 is 0 Å². The number of nitrogens with zero attached hydrogens (tertiary/aromatic N) is 2. The van der Waals surface area contributed by atoms with E-state index in [1.807, 2.05) is 18.7 Å². The van der Waals surface area contributed by atoms with E-state index in [9.17, 15) is 4.39 Å². The summed E-state index contributed by atoms with van der Waals surface area (Å²) in [4.78, 5) is 6.01. The van der Waals surface area contributed by atoms with E-state index in [0.29, 0.717) is 31.0 Å². The van der Waals surface area contributed by atoms with Crippen LogP contribution in [-0.4, -0.2) is 25.1 Å². The lowest BCUT2D eigenvalue weighted by atomic mass is 10.2. The second-order valence-electron chi connectivity index (χ2n) is 4.11. The first-order valence-corrected chi connectivity index (χ1v) is 5.77. The fraction of sp³-hybridized carbons (Fsp3) is 0.462. The van der Waals surface area contributed by atoms with Gasteiger partial charge in [-0.2, -0.15) is 0 Å². The molecule has 0 aliphatic rings. The molecule has 0 fully saturated rings. The van der Waals surface area contributed by atoms with Crippen molar-refractivity contribution in [2.24, 2.45) is 0 Å². The smallest absolute Gasteiger partial charge is 0.170 e. The standard InChI is InChI=1S/C13H20FN3/c1-5-17(9-10(2)3)13-12(14)11(8-15-4)6-7-16-13/h6-7,15H,2,5,8-9H2,1,3-4H3. The number of anilines is 1. The third kappa shape index (κ3) is 3.53. The maximum Gasteiger partial charge on any atom is 0.170 e. The van der Waals surface area contributed by atoms with Crippen molar-refractivity contribution in [3.05, 3.63) is 35.8 Å². The summed E-state index contributed by atoms with van der Waals surface area (Å²) in [7, 11) is 1.80. The van der Waals surface area contributed by atoms with Gasteiger partial charge in [-0.3, -0.25) is 0 Å². The molecular formula is C13H20FN3. The second kappa shape index (κ2) is 6.35. The van der Waals surface area contributed by atoms with E-state index in [0.717, 1.165) is 5.57 Å². The molecule has 4 heteroatoms. The molecule has 0 atom stereocenters. The van der Waals surface area contributed by atoms with Crippen LogP contribution in [0.1, 0.15) is 19.4 Å². The monoisotopic (exact) mass is 237 g/mol. The highest BCUT2D eigenvalue weighted by Gasteiger charge is 2.14. The minimum absolute atomic E-state index is 0.245. The lowest BCUT2D eigenvalue weighted by molar-refractivity contribution is 0.588. The van der Waals surface area contributed by atoms with Crippen molar-refractivity contribution in [3.8, 4) is 0 Å². The molecule has 1 aromatic rings. The average Bonchev–Trinajstić information content (AvgIpc) is 2.29. The highest BCUT2D eigenvalue weighted by atomic mass is 19.1. The lowest BCUT2D eigenvalue weighted by Gasteiger charge is -2.23. The van der Waals surface area contributed by atoms with Crippen LogP contribution in [0.2, 0.25) is 0 Å². The Morgan fingerprint density at radius 1 is 1.59 bits per heavy atom. The molecule has 0 radical (unpaired) electrons. The molecule has 3 nitrogen and oxygen atoms in total. The van der Waals surface area contributed by atoms with Crippen molar-refractivity contribution in [1.82, 2.24) is 10.3 Å². The summed E-state index contributed by atoms with van der Waals surface area (Å²) in [6.07, 6.45) is 1.65. The minimum atomic E-state index is -0.245. The molecule has 1 rings (SSSR count). The molecule has 0 amide bonds. The van der Waals surface area contributed by atoms with Gasteiger partial charge in [-0.05, 0) is 27.0 Å². The van der Waals surface area contributed by atoms with E-state index in [-0.39, 0.29) is 5.82 Å². The molecular weight excluding hydrogens is 217 g/mol. The number of aromatic nitrogens is 1. The van der Waals surface area contributed by atoms with Crippen molar-refractivity contribution in [2.75, 3.05) is 25.0 Å². The van der Waals surface area contributed by atoms with Crippen LogP contribution in [0.4, 0.5) is 10.2 Å². The van der Waals surface area contributed by atoms with Gasteiger partial charge in [0.15, 0.2) is 11.6 Å². The molecule has 1 N–H and O–H groups in total. The van der Waals surface area contributed by atoms with E-state index in [4.69, 9.17) is 0 Å². The summed E-state index contributed by atoms with van der Waals surface area (Å²) in [5, 5.41) is 2.95. The predicted octanol–water partition coefficient (Wildman–Crippen LogP) is 2.34. The molecule has 17 heavy (non-hydrogen) atoms. The van der Waals surface area contributed by atoms with Crippen molar-refractivity contribution in [1.29, 1.82) is 0 Å². The van der Waals surface area contributed by atoms with Gasteiger partial charge in [0.2, 0.25) is 0 Å². The Kier molecular flexibility index (Phi) is 5.10. The SMILES string of the molecule is C=C(C)CN(CC)c1nccc(CNC)c1F. The van der Waals surface area contributed by atoms with E-state index in [1.54, 1.807) is 19.3 Å². The van der Waals surface area contributed by atoms with Crippen LogP contribution in [0.3, 0.4) is 0 Å². The van der Waals surface area contributed by atoms with Crippen LogP contribution in [0.15, 0.2) is 24.4 Å². The normalized spacial score (nSPS) is 10.4. The van der Waals surface area contributed by atoms with Gasteiger partial charge in [-0.1, -0.05) is 12.2 Å². The second-order valence-corrected chi connectivity index (χ2v) is 4.11. The first kappa shape index (κ1) is 13.6. The quantitative estimate of drug-likeness (QED) is 0.770. The molecule has 0 bridgehead atoms. The molecule has 0 spiro atoms. The number of hydrogen-bond donors (Lipinski definition) is 1. The minimum Gasteiger partial charge on any atom is -0.350 e. The van der Waals surface area contributed by atoms with Crippen molar-refractivity contribution in [3.63, 3.8) is 0 Å². The number of rotatable bonds is 6. The van der Waals surface area contributed by atoms with Crippen molar-refractivity contribution >= 4 is 5.82 Å². The number of nitrogens with one attached hydrogen (secondary N) is 1. The molecule has 1 aromatic heterocycles. The zero-order valence-electron chi connectivity index (χ0n) is 10.8. The maximum absolute atomic E-state index is 14.2. The van der Waals surface area contributed by atoms with Gasteiger partial charge in [0.1, 0.15) is 0 Å². The van der Waals surface area contributed by atoms with Gasteiger partial charge in [0.05, 0.1) is 0 Å². The van der Waals surface area contributed by atoms with Crippen LogP contribution in [0, 0.1) is 5.82 Å². The number of likely N-dealkylation sites (N-methyl/N-ethyl adjacent to an activating group) is 1. The van der Waals surface area contributed by atoms with E-state index < -0.39 is 0 Å². The largest absolute Gasteiger partial charge is 0.350 e.